The summed E-state index contributed by atoms with van der Waals surface area (Å²) in [4.78, 5) is 0. The van der Waals surface area contributed by atoms with Gasteiger partial charge < -0.3 is 15.2 Å². The first kappa shape index (κ1) is 14.7. The van der Waals surface area contributed by atoms with Crippen molar-refractivity contribution in [3.63, 3.8) is 0 Å². The van der Waals surface area contributed by atoms with Crippen LogP contribution in [-0.2, 0) is 13.2 Å². The molecule has 0 amide bonds. The second kappa shape index (κ2) is 6.64. The van der Waals surface area contributed by atoms with E-state index < -0.39 is 0 Å². The maximum absolute atomic E-state index is 6.21. The number of hydrogen-bond donors (Lipinski definition) is 1. The van der Waals surface area contributed by atoms with Crippen LogP contribution in [0.3, 0.4) is 0 Å². The van der Waals surface area contributed by atoms with E-state index in [4.69, 9.17) is 26.8 Å². The molecule has 0 saturated carbocycles. The highest BCUT2D eigenvalue weighted by atomic mass is 35.5. The Morgan fingerprint density at radius 3 is 2.60 bits per heavy atom. The SMILES string of the molecule is COc1cccc(CN)c1OCc1ccc(C)cc1Cl. The Morgan fingerprint density at radius 1 is 1.15 bits per heavy atom. The van der Waals surface area contributed by atoms with Gasteiger partial charge in [0.15, 0.2) is 11.5 Å². The minimum atomic E-state index is 0.381. The molecule has 0 atom stereocenters. The Morgan fingerprint density at radius 2 is 1.95 bits per heavy atom. The van der Waals surface area contributed by atoms with Crippen molar-refractivity contribution >= 4 is 11.6 Å². The first-order valence-electron chi connectivity index (χ1n) is 6.39. The number of para-hydroxylation sites is 1. The Hall–Kier alpha value is -1.71. The highest BCUT2D eigenvalue weighted by Crippen LogP contribution is 2.32. The quantitative estimate of drug-likeness (QED) is 0.913. The van der Waals surface area contributed by atoms with Gasteiger partial charge in [0.2, 0.25) is 0 Å². The van der Waals surface area contributed by atoms with E-state index in [0.29, 0.717) is 29.7 Å². The zero-order valence-corrected chi connectivity index (χ0v) is 12.4. The highest BCUT2D eigenvalue weighted by Gasteiger charge is 2.10. The van der Waals surface area contributed by atoms with E-state index in [2.05, 4.69) is 0 Å². The first-order valence-corrected chi connectivity index (χ1v) is 6.77. The summed E-state index contributed by atoms with van der Waals surface area (Å²) in [6.07, 6.45) is 0. The molecule has 0 spiro atoms. The fraction of sp³-hybridized carbons (Fsp3) is 0.250. The third kappa shape index (κ3) is 3.24. The van der Waals surface area contributed by atoms with Gasteiger partial charge in [0, 0.05) is 22.7 Å². The Labute approximate surface area is 124 Å². The summed E-state index contributed by atoms with van der Waals surface area (Å²) in [5.74, 6) is 1.35. The summed E-state index contributed by atoms with van der Waals surface area (Å²) in [5.41, 5.74) is 8.70. The predicted molar refractivity (Wildman–Crippen MR) is 81.4 cm³/mol. The number of methoxy groups -OCH3 is 1. The second-order valence-corrected chi connectivity index (χ2v) is 4.94. The molecule has 2 rings (SSSR count). The standard InChI is InChI=1S/C16H18ClNO2/c1-11-6-7-13(14(17)8-11)10-20-16-12(9-18)4-3-5-15(16)19-2/h3-8H,9-10,18H2,1-2H3. The van der Waals surface area contributed by atoms with Crippen LogP contribution in [0.25, 0.3) is 0 Å². The minimum absolute atomic E-state index is 0.381. The molecule has 0 heterocycles. The summed E-state index contributed by atoms with van der Waals surface area (Å²) >= 11 is 6.21. The molecule has 2 aromatic carbocycles. The zero-order valence-electron chi connectivity index (χ0n) is 11.7. The average Bonchev–Trinajstić information content (AvgIpc) is 2.46. The van der Waals surface area contributed by atoms with Crippen molar-refractivity contribution in [2.45, 2.75) is 20.1 Å². The number of ether oxygens (including phenoxy) is 2. The van der Waals surface area contributed by atoms with Crippen LogP contribution in [-0.4, -0.2) is 7.11 Å². The largest absolute Gasteiger partial charge is 0.493 e. The van der Waals surface area contributed by atoms with Gasteiger partial charge in [-0.2, -0.15) is 0 Å². The number of rotatable bonds is 5. The Bertz CT molecular complexity index is 577. The molecule has 4 heteroatoms. The van der Waals surface area contributed by atoms with Crippen LogP contribution in [0.15, 0.2) is 36.4 Å². The normalized spacial score (nSPS) is 10.4. The van der Waals surface area contributed by atoms with Crippen LogP contribution < -0.4 is 15.2 Å². The lowest BCUT2D eigenvalue weighted by Crippen LogP contribution is -2.04. The third-order valence-corrected chi connectivity index (χ3v) is 3.43. The van der Waals surface area contributed by atoms with E-state index in [0.717, 1.165) is 16.7 Å². The van der Waals surface area contributed by atoms with Crippen LogP contribution in [0.5, 0.6) is 11.5 Å². The summed E-state index contributed by atoms with van der Waals surface area (Å²) in [7, 11) is 1.61. The molecule has 0 saturated heterocycles. The molecule has 0 aliphatic rings. The van der Waals surface area contributed by atoms with Crippen molar-refractivity contribution < 1.29 is 9.47 Å². The smallest absolute Gasteiger partial charge is 0.166 e. The van der Waals surface area contributed by atoms with Gasteiger partial charge in [-0.25, -0.2) is 0 Å². The van der Waals surface area contributed by atoms with E-state index >= 15 is 0 Å². The molecule has 106 valence electrons. The van der Waals surface area contributed by atoms with E-state index in [-0.39, 0.29) is 0 Å². The van der Waals surface area contributed by atoms with Crippen LogP contribution in [0.4, 0.5) is 0 Å². The van der Waals surface area contributed by atoms with E-state index in [1.807, 2.05) is 43.3 Å². The second-order valence-electron chi connectivity index (χ2n) is 4.54. The van der Waals surface area contributed by atoms with Gasteiger partial charge in [-0.05, 0) is 24.6 Å². The summed E-state index contributed by atoms with van der Waals surface area (Å²) in [5, 5.41) is 0.703. The number of nitrogens with two attached hydrogens (primary N) is 1. The molecular formula is C16H18ClNO2. The summed E-state index contributed by atoms with van der Waals surface area (Å²) in [6, 6.07) is 11.6. The van der Waals surface area contributed by atoms with Crippen molar-refractivity contribution in [1.29, 1.82) is 0 Å². The molecular weight excluding hydrogens is 274 g/mol. The van der Waals surface area contributed by atoms with Gasteiger partial charge in [0.05, 0.1) is 7.11 Å². The maximum atomic E-state index is 6.21. The molecule has 2 N–H and O–H groups in total. The van der Waals surface area contributed by atoms with Crippen molar-refractivity contribution in [3.05, 3.63) is 58.1 Å². The van der Waals surface area contributed by atoms with E-state index in [9.17, 15) is 0 Å². The zero-order chi connectivity index (χ0) is 14.5. The lowest BCUT2D eigenvalue weighted by Gasteiger charge is -2.15. The van der Waals surface area contributed by atoms with Gasteiger partial charge in [-0.3, -0.25) is 0 Å². The van der Waals surface area contributed by atoms with Crippen LogP contribution in [0, 0.1) is 6.92 Å². The van der Waals surface area contributed by atoms with Crippen molar-refractivity contribution in [2.75, 3.05) is 7.11 Å². The molecule has 0 bridgehead atoms. The number of halogens is 1. The van der Waals surface area contributed by atoms with Gasteiger partial charge >= 0.3 is 0 Å². The van der Waals surface area contributed by atoms with Crippen molar-refractivity contribution in [1.82, 2.24) is 0 Å². The van der Waals surface area contributed by atoms with Crippen molar-refractivity contribution in [3.8, 4) is 11.5 Å². The van der Waals surface area contributed by atoms with E-state index in [1.165, 1.54) is 0 Å². The first-order chi connectivity index (χ1) is 9.65. The molecule has 0 fully saturated rings. The number of benzene rings is 2. The summed E-state index contributed by atoms with van der Waals surface area (Å²) < 4.78 is 11.2. The molecule has 2 aromatic rings. The Kier molecular flexibility index (Phi) is 4.88. The lowest BCUT2D eigenvalue weighted by molar-refractivity contribution is 0.281. The molecule has 0 aliphatic carbocycles. The maximum Gasteiger partial charge on any atom is 0.166 e. The summed E-state index contributed by atoms with van der Waals surface area (Å²) in [6.45, 7) is 2.78. The molecule has 0 aliphatic heterocycles. The molecule has 0 aromatic heterocycles. The van der Waals surface area contributed by atoms with E-state index in [1.54, 1.807) is 7.11 Å². The minimum Gasteiger partial charge on any atom is -0.493 e. The van der Waals surface area contributed by atoms with Crippen molar-refractivity contribution in [2.24, 2.45) is 5.73 Å². The number of hydrogen-bond acceptors (Lipinski definition) is 3. The van der Waals surface area contributed by atoms with Crippen LogP contribution in [0.2, 0.25) is 5.02 Å². The van der Waals surface area contributed by atoms with Crippen LogP contribution >= 0.6 is 11.6 Å². The Balaban J connectivity index is 2.22. The molecule has 0 radical (unpaired) electrons. The lowest BCUT2D eigenvalue weighted by atomic mass is 10.1. The number of aryl methyl sites for hydroxylation is 1. The third-order valence-electron chi connectivity index (χ3n) is 3.08. The van der Waals surface area contributed by atoms with Crippen LogP contribution in [0.1, 0.15) is 16.7 Å². The molecule has 20 heavy (non-hydrogen) atoms. The average molecular weight is 292 g/mol. The van der Waals surface area contributed by atoms with Gasteiger partial charge in [-0.1, -0.05) is 35.9 Å². The van der Waals surface area contributed by atoms with Gasteiger partial charge in [0.1, 0.15) is 6.61 Å². The fourth-order valence-corrected chi connectivity index (χ4v) is 2.26. The highest BCUT2D eigenvalue weighted by molar-refractivity contribution is 6.31. The topological polar surface area (TPSA) is 44.5 Å². The predicted octanol–water partition coefficient (Wildman–Crippen LogP) is 3.69. The molecule has 3 nitrogen and oxygen atoms in total. The van der Waals surface area contributed by atoms with Gasteiger partial charge in [-0.15, -0.1) is 0 Å². The monoisotopic (exact) mass is 291 g/mol. The molecule has 0 unspecified atom stereocenters. The fourth-order valence-electron chi connectivity index (χ4n) is 1.97. The van der Waals surface area contributed by atoms with Gasteiger partial charge in [0.25, 0.3) is 0 Å².